The van der Waals surface area contributed by atoms with E-state index in [1.165, 1.54) is 11.1 Å². The van der Waals surface area contributed by atoms with Crippen LogP contribution in [-0.2, 0) is 6.42 Å². The number of ether oxygens (including phenoxy) is 1. The van der Waals surface area contributed by atoms with Crippen molar-refractivity contribution in [2.75, 3.05) is 7.11 Å². The molecule has 0 aromatic heterocycles. The molecule has 98 valence electrons. The molecule has 0 saturated heterocycles. The summed E-state index contributed by atoms with van der Waals surface area (Å²) in [6.07, 6.45) is 1.49. The van der Waals surface area contributed by atoms with Crippen LogP contribution in [0.3, 0.4) is 0 Å². The van der Waals surface area contributed by atoms with Crippen molar-refractivity contribution in [1.29, 1.82) is 0 Å². The van der Waals surface area contributed by atoms with Crippen LogP contribution in [0, 0.1) is 0 Å². The Balaban J connectivity index is 2.02. The lowest BCUT2D eigenvalue weighted by Gasteiger charge is -2.30. The second-order valence-electron chi connectivity index (χ2n) is 5.06. The van der Waals surface area contributed by atoms with Crippen LogP contribution in [0.5, 0.6) is 5.75 Å². The summed E-state index contributed by atoms with van der Waals surface area (Å²) in [5, 5.41) is 10.4. The summed E-state index contributed by atoms with van der Waals surface area (Å²) in [7, 11) is 1.67. The fourth-order valence-electron chi connectivity index (χ4n) is 2.96. The van der Waals surface area contributed by atoms with Gasteiger partial charge in [0, 0.05) is 5.92 Å². The summed E-state index contributed by atoms with van der Waals surface area (Å²) in [6.45, 7) is 0. The Labute approximate surface area is 113 Å². The van der Waals surface area contributed by atoms with Crippen LogP contribution < -0.4 is 4.74 Å². The van der Waals surface area contributed by atoms with Gasteiger partial charge in [-0.05, 0) is 41.7 Å². The number of fused-ring (bicyclic) bond motifs is 1. The van der Waals surface area contributed by atoms with E-state index in [2.05, 4.69) is 30.3 Å². The van der Waals surface area contributed by atoms with E-state index in [1.807, 2.05) is 18.2 Å². The van der Waals surface area contributed by atoms with Gasteiger partial charge in [0.2, 0.25) is 0 Å². The first-order valence-corrected chi connectivity index (χ1v) is 6.69. The lowest BCUT2D eigenvalue weighted by Crippen LogP contribution is -2.26. The Hall–Kier alpha value is -1.80. The topological polar surface area (TPSA) is 29.5 Å². The highest BCUT2D eigenvalue weighted by Crippen LogP contribution is 2.37. The number of rotatable bonds is 2. The zero-order valence-electron chi connectivity index (χ0n) is 11.0. The molecule has 0 aliphatic heterocycles. The summed E-state index contributed by atoms with van der Waals surface area (Å²) < 4.78 is 5.19. The molecule has 2 aromatic carbocycles. The molecule has 0 saturated carbocycles. The lowest BCUT2D eigenvalue weighted by molar-refractivity contribution is 0.139. The molecule has 0 heterocycles. The van der Waals surface area contributed by atoms with Gasteiger partial charge < -0.3 is 9.84 Å². The molecule has 0 radical (unpaired) electrons. The molecule has 1 aliphatic rings. The van der Waals surface area contributed by atoms with Crippen molar-refractivity contribution in [2.45, 2.75) is 24.9 Å². The standard InChI is InChI=1S/C17H18O2/c1-19-14-9-6-13(7-10-14)17-15-5-3-2-4-12(15)8-11-16(17)18/h2-7,9-10,16-18H,8,11H2,1H3/t16-,17+/m0/s1. The average Bonchev–Trinajstić information content (AvgIpc) is 2.47. The number of hydrogen-bond donors (Lipinski definition) is 1. The van der Waals surface area contributed by atoms with Gasteiger partial charge in [0.1, 0.15) is 5.75 Å². The third-order valence-corrected chi connectivity index (χ3v) is 3.96. The van der Waals surface area contributed by atoms with Gasteiger partial charge in [0.15, 0.2) is 0 Å². The van der Waals surface area contributed by atoms with Crippen molar-refractivity contribution >= 4 is 0 Å². The Kier molecular flexibility index (Phi) is 3.26. The smallest absolute Gasteiger partial charge is 0.118 e. The molecule has 19 heavy (non-hydrogen) atoms. The Bertz CT molecular complexity index is 560. The minimum absolute atomic E-state index is 0.0795. The van der Waals surface area contributed by atoms with E-state index in [0.717, 1.165) is 24.2 Å². The summed E-state index contributed by atoms with van der Waals surface area (Å²) in [5.41, 5.74) is 3.76. The zero-order chi connectivity index (χ0) is 13.2. The van der Waals surface area contributed by atoms with Crippen molar-refractivity contribution in [3.8, 4) is 5.75 Å². The summed E-state index contributed by atoms with van der Waals surface area (Å²) in [6, 6.07) is 16.4. The molecular formula is C17H18O2. The van der Waals surface area contributed by atoms with Gasteiger partial charge in [-0.2, -0.15) is 0 Å². The van der Waals surface area contributed by atoms with Crippen LogP contribution in [0.25, 0.3) is 0 Å². The summed E-state index contributed by atoms with van der Waals surface area (Å²) in [4.78, 5) is 0. The van der Waals surface area contributed by atoms with E-state index < -0.39 is 0 Å². The van der Waals surface area contributed by atoms with E-state index in [4.69, 9.17) is 4.74 Å². The van der Waals surface area contributed by atoms with Gasteiger partial charge >= 0.3 is 0 Å². The molecule has 0 fully saturated rings. The highest BCUT2D eigenvalue weighted by Gasteiger charge is 2.28. The van der Waals surface area contributed by atoms with E-state index in [-0.39, 0.29) is 12.0 Å². The van der Waals surface area contributed by atoms with E-state index >= 15 is 0 Å². The van der Waals surface area contributed by atoms with E-state index in [0.29, 0.717) is 0 Å². The van der Waals surface area contributed by atoms with Gasteiger partial charge in [0.05, 0.1) is 13.2 Å². The Morgan fingerprint density at radius 3 is 2.53 bits per heavy atom. The number of aliphatic hydroxyl groups excluding tert-OH is 1. The fraction of sp³-hybridized carbons (Fsp3) is 0.294. The monoisotopic (exact) mass is 254 g/mol. The van der Waals surface area contributed by atoms with Crippen LogP contribution in [0.1, 0.15) is 29.0 Å². The van der Waals surface area contributed by atoms with Crippen molar-refractivity contribution < 1.29 is 9.84 Å². The first-order chi connectivity index (χ1) is 9.29. The molecular weight excluding hydrogens is 236 g/mol. The normalized spacial score (nSPS) is 21.8. The minimum Gasteiger partial charge on any atom is -0.497 e. The third kappa shape index (κ3) is 2.24. The second-order valence-corrected chi connectivity index (χ2v) is 5.06. The molecule has 3 rings (SSSR count). The molecule has 0 spiro atoms. The van der Waals surface area contributed by atoms with Crippen LogP contribution in [-0.4, -0.2) is 18.3 Å². The number of hydrogen-bond acceptors (Lipinski definition) is 2. The highest BCUT2D eigenvalue weighted by molar-refractivity contribution is 5.42. The van der Waals surface area contributed by atoms with Crippen LogP contribution in [0.2, 0.25) is 0 Å². The van der Waals surface area contributed by atoms with Gasteiger partial charge in [-0.1, -0.05) is 36.4 Å². The molecule has 2 atom stereocenters. The van der Waals surface area contributed by atoms with Crippen LogP contribution >= 0.6 is 0 Å². The predicted octanol–water partition coefficient (Wildman–Crippen LogP) is 3.13. The number of methoxy groups -OCH3 is 1. The van der Waals surface area contributed by atoms with Crippen LogP contribution in [0.4, 0.5) is 0 Å². The molecule has 0 unspecified atom stereocenters. The maximum Gasteiger partial charge on any atom is 0.118 e. The quantitative estimate of drug-likeness (QED) is 0.892. The third-order valence-electron chi connectivity index (χ3n) is 3.96. The van der Waals surface area contributed by atoms with Gasteiger partial charge in [-0.15, -0.1) is 0 Å². The van der Waals surface area contributed by atoms with Crippen molar-refractivity contribution in [1.82, 2.24) is 0 Å². The zero-order valence-corrected chi connectivity index (χ0v) is 11.0. The fourth-order valence-corrected chi connectivity index (χ4v) is 2.96. The Morgan fingerprint density at radius 2 is 1.79 bits per heavy atom. The second kappa shape index (κ2) is 5.06. The maximum absolute atomic E-state index is 10.4. The lowest BCUT2D eigenvalue weighted by atomic mass is 9.77. The summed E-state index contributed by atoms with van der Waals surface area (Å²) >= 11 is 0. The predicted molar refractivity (Wildman–Crippen MR) is 75.6 cm³/mol. The molecule has 0 bridgehead atoms. The maximum atomic E-state index is 10.4. The largest absolute Gasteiger partial charge is 0.497 e. The molecule has 2 aromatic rings. The van der Waals surface area contributed by atoms with Gasteiger partial charge in [-0.25, -0.2) is 0 Å². The van der Waals surface area contributed by atoms with Crippen molar-refractivity contribution in [3.05, 3.63) is 65.2 Å². The van der Waals surface area contributed by atoms with Crippen molar-refractivity contribution in [3.63, 3.8) is 0 Å². The van der Waals surface area contributed by atoms with Gasteiger partial charge in [0.25, 0.3) is 0 Å². The van der Waals surface area contributed by atoms with Crippen molar-refractivity contribution in [2.24, 2.45) is 0 Å². The molecule has 1 N–H and O–H groups in total. The number of aryl methyl sites for hydroxylation is 1. The van der Waals surface area contributed by atoms with Crippen LogP contribution in [0.15, 0.2) is 48.5 Å². The average molecular weight is 254 g/mol. The SMILES string of the molecule is COc1ccc([C@@H]2c3ccccc3CC[C@@H]2O)cc1. The molecule has 1 aliphatic carbocycles. The summed E-state index contributed by atoms with van der Waals surface area (Å²) in [5.74, 6) is 0.929. The minimum atomic E-state index is -0.303. The Morgan fingerprint density at radius 1 is 1.05 bits per heavy atom. The first-order valence-electron chi connectivity index (χ1n) is 6.69. The van der Waals surface area contributed by atoms with Gasteiger partial charge in [-0.3, -0.25) is 0 Å². The van der Waals surface area contributed by atoms with E-state index in [9.17, 15) is 5.11 Å². The molecule has 2 heteroatoms. The first kappa shape index (κ1) is 12.2. The highest BCUT2D eigenvalue weighted by atomic mass is 16.5. The molecule has 2 nitrogen and oxygen atoms in total. The molecule has 0 amide bonds. The number of benzene rings is 2. The number of aliphatic hydroxyl groups is 1. The van der Waals surface area contributed by atoms with E-state index in [1.54, 1.807) is 7.11 Å².